The van der Waals surface area contributed by atoms with Gasteiger partial charge in [-0.15, -0.1) is 0 Å². The number of ether oxygens (including phenoxy) is 1. The number of rotatable bonds is 5. The van der Waals surface area contributed by atoms with Crippen LogP contribution < -0.4 is 5.32 Å². The first-order valence-electron chi connectivity index (χ1n) is 12.4. The van der Waals surface area contributed by atoms with E-state index in [9.17, 15) is 24.8 Å². The molecule has 1 spiro atoms. The molecule has 37 heavy (non-hydrogen) atoms. The van der Waals surface area contributed by atoms with Crippen molar-refractivity contribution in [2.75, 3.05) is 11.9 Å². The zero-order valence-corrected chi connectivity index (χ0v) is 21.9. The third kappa shape index (κ3) is 4.05. The molecule has 2 amide bonds. The molecule has 0 aliphatic carbocycles. The highest BCUT2D eigenvalue weighted by Gasteiger charge is 2.65. The molecule has 0 saturated carbocycles. The lowest BCUT2D eigenvalue weighted by atomic mass is 9.82. The number of nitrogens with one attached hydrogen (secondary N) is 1. The van der Waals surface area contributed by atoms with Crippen LogP contribution in [0.2, 0.25) is 18.6 Å². The van der Waals surface area contributed by atoms with Gasteiger partial charge in [0.1, 0.15) is 0 Å². The Bertz CT molecular complexity index is 1280. The fourth-order valence-electron chi connectivity index (χ4n) is 6.50. The van der Waals surface area contributed by atoms with Crippen molar-refractivity contribution in [1.82, 2.24) is 4.90 Å². The van der Waals surface area contributed by atoms with Gasteiger partial charge in [0.25, 0.3) is 11.6 Å². The summed E-state index contributed by atoms with van der Waals surface area (Å²) in [5.41, 5.74) is 0.223. The number of benzene rings is 2. The molecule has 9 nitrogen and oxygen atoms in total. The number of carbonyl (C=O) groups is 2. The van der Waals surface area contributed by atoms with Gasteiger partial charge in [0.05, 0.1) is 30.1 Å². The van der Waals surface area contributed by atoms with Gasteiger partial charge in [0.15, 0.2) is 5.60 Å². The average molecular weight is 528 g/mol. The molecule has 1 fully saturated rings. The third-order valence-electron chi connectivity index (χ3n) is 8.17. The Labute approximate surface area is 214 Å². The number of nitrogens with zero attached hydrogens (tertiary/aromatic N) is 2. The summed E-state index contributed by atoms with van der Waals surface area (Å²) >= 11 is 0. The number of anilines is 1. The molecule has 2 aromatic carbocycles. The Hall–Kier alpha value is -3.15. The van der Waals surface area contributed by atoms with Crippen LogP contribution in [-0.4, -0.2) is 53.9 Å². The van der Waals surface area contributed by atoms with Crippen molar-refractivity contribution in [3.8, 4) is 0 Å². The number of amides is 2. The molecule has 0 bridgehead atoms. The summed E-state index contributed by atoms with van der Waals surface area (Å²) in [6, 6.07) is 11.4. The van der Waals surface area contributed by atoms with Gasteiger partial charge < -0.3 is 24.2 Å². The number of non-ortho nitro benzene ring substituents is 1. The Morgan fingerprint density at radius 2 is 2.00 bits per heavy atom. The minimum Gasteiger partial charge on any atom is -0.394 e. The minimum absolute atomic E-state index is 0.159. The van der Waals surface area contributed by atoms with Crippen LogP contribution >= 0.6 is 0 Å². The van der Waals surface area contributed by atoms with Gasteiger partial charge in [0.2, 0.25) is 14.3 Å². The van der Waals surface area contributed by atoms with Gasteiger partial charge in [0, 0.05) is 41.4 Å². The maximum absolute atomic E-state index is 15.8. The molecule has 1 saturated heterocycles. The first kappa shape index (κ1) is 25.5. The monoisotopic (exact) mass is 527 g/mol. The van der Waals surface area contributed by atoms with E-state index in [0.29, 0.717) is 24.2 Å². The lowest BCUT2D eigenvalue weighted by Crippen LogP contribution is -2.48. The number of aliphatic hydroxyl groups is 1. The summed E-state index contributed by atoms with van der Waals surface area (Å²) < 4.78 is 22.2. The van der Waals surface area contributed by atoms with Crippen LogP contribution in [0.4, 0.5) is 15.5 Å². The number of hydrogen-bond donors (Lipinski definition) is 2. The van der Waals surface area contributed by atoms with Gasteiger partial charge >= 0.3 is 0 Å². The molecule has 11 heteroatoms. The van der Waals surface area contributed by atoms with Gasteiger partial charge in [-0.25, -0.2) is 0 Å². The molecule has 3 heterocycles. The molecular formula is C26H30FN3O6Si. The van der Waals surface area contributed by atoms with E-state index in [1.807, 2.05) is 24.3 Å². The van der Waals surface area contributed by atoms with Crippen molar-refractivity contribution in [3.63, 3.8) is 0 Å². The number of carbonyl (C=O) groups excluding carboxylic acids is 2. The van der Waals surface area contributed by atoms with Crippen molar-refractivity contribution < 1.29 is 28.5 Å². The van der Waals surface area contributed by atoms with Gasteiger partial charge in [-0.05, 0) is 36.7 Å². The molecule has 3 aliphatic heterocycles. The van der Waals surface area contributed by atoms with E-state index in [1.165, 1.54) is 31.3 Å². The Morgan fingerprint density at radius 1 is 1.30 bits per heavy atom. The van der Waals surface area contributed by atoms with E-state index < -0.39 is 48.4 Å². The third-order valence-corrected chi connectivity index (χ3v) is 10.6. The molecule has 3 aliphatic rings. The van der Waals surface area contributed by atoms with Crippen LogP contribution in [-0.2, 0) is 32.9 Å². The first-order valence-corrected chi connectivity index (χ1v) is 15.4. The second-order valence-electron chi connectivity index (χ2n) is 10.7. The fraction of sp³-hybridized carbons (Fsp3) is 0.462. The number of hydrogen-bond acceptors (Lipinski definition) is 6. The van der Waals surface area contributed by atoms with Crippen LogP contribution in [0.3, 0.4) is 0 Å². The van der Waals surface area contributed by atoms with E-state index >= 15 is 4.11 Å². The van der Waals surface area contributed by atoms with E-state index in [0.717, 1.165) is 11.1 Å². The van der Waals surface area contributed by atoms with Crippen LogP contribution in [0, 0.1) is 16.0 Å². The number of aliphatic hydroxyl groups excluding tert-OH is 1. The molecule has 5 atom stereocenters. The molecule has 196 valence electrons. The van der Waals surface area contributed by atoms with Gasteiger partial charge in [-0.1, -0.05) is 31.2 Å². The molecule has 5 rings (SSSR count). The quantitative estimate of drug-likeness (QED) is 0.265. The normalized spacial score (nSPS) is 28.7. The van der Waals surface area contributed by atoms with Crippen LogP contribution in [0.1, 0.15) is 30.0 Å². The molecule has 0 radical (unpaired) electrons. The largest absolute Gasteiger partial charge is 0.394 e. The Morgan fingerprint density at radius 3 is 2.65 bits per heavy atom. The minimum atomic E-state index is -3.49. The zero-order chi connectivity index (χ0) is 26.7. The van der Waals surface area contributed by atoms with Crippen molar-refractivity contribution >= 4 is 31.6 Å². The lowest BCUT2D eigenvalue weighted by molar-refractivity contribution is -0.385. The predicted molar refractivity (Wildman–Crippen MR) is 136 cm³/mol. The van der Waals surface area contributed by atoms with E-state index in [2.05, 4.69) is 5.32 Å². The topological polar surface area (TPSA) is 122 Å². The predicted octanol–water partition coefficient (Wildman–Crippen LogP) is 3.66. The first-order chi connectivity index (χ1) is 17.5. The number of fused-ring (bicyclic) bond motifs is 3. The SMILES string of the molecule is C[C@@H]1[C@@H]([Si](C)(C)F)[C@H](CC(=O)N2Cc3ccccc3C[C@H]2CO)O[C@@]12C(=O)Nc1ccc([N+](=O)[O-])cc12. The maximum Gasteiger partial charge on any atom is 0.269 e. The standard InChI is InChI=1S/C26H30FN3O6Si/c1-15-24(37(2,3)27)22(12-23(32)29-13-17-7-5-4-6-16(17)10-19(29)14-31)36-26(15)20-11-18(30(34)35)8-9-21(20)28-25(26)33/h4-9,11,15,19,22,24,31H,10,12-14H2,1-3H3,(H,28,33)/t15-,19+,22+,24-,26+/m1/s1. The second kappa shape index (κ2) is 9.00. The highest BCUT2D eigenvalue weighted by Crippen LogP contribution is 2.59. The van der Waals surface area contributed by atoms with Crippen molar-refractivity contribution in [2.45, 2.75) is 62.7 Å². The molecular weight excluding hydrogens is 497 g/mol. The summed E-state index contributed by atoms with van der Waals surface area (Å²) in [7, 11) is -3.49. The maximum atomic E-state index is 15.8. The van der Waals surface area contributed by atoms with Crippen molar-refractivity contribution in [2.24, 2.45) is 5.92 Å². The Balaban J connectivity index is 1.49. The number of nitro groups is 1. The summed E-state index contributed by atoms with van der Waals surface area (Å²) in [5, 5.41) is 24.2. The highest BCUT2D eigenvalue weighted by atomic mass is 28.4. The van der Waals surface area contributed by atoms with E-state index in [1.54, 1.807) is 11.8 Å². The number of halogens is 1. The molecule has 2 N–H and O–H groups in total. The van der Waals surface area contributed by atoms with Gasteiger partial charge in [-0.3, -0.25) is 19.7 Å². The molecule has 0 unspecified atom stereocenters. The fourth-order valence-corrected chi connectivity index (χ4v) is 8.99. The van der Waals surface area contributed by atoms with Gasteiger partial charge in [-0.2, -0.15) is 0 Å². The van der Waals surface area contributed by atoms with Crippen LogP contribution in [0.15, 0.2) is 42.5 Å². The van der Waals surface area contributed by atoms with E-state index in [4.69, 9.17) is 4.74 Å². The van der Waals surface area contributed by atoms with Crippen LogP contribution in [0.5, 0.6) is 0 Å². The summed E-state index contributed by atoms with van der Waals surface area (Å²) in [6.45, 7) is 4.90. The second-order valence-corrected chi connectivity index (χ2v) is 14.5. The lowest BCUT2D eigenvalue weighted by Gasteiger charge is -2.37. The van der Waals surface area contributed by atoms with E-state index in [-0.39, 0.29) is 24.6 Å². The average Bonchev–Trinajstić information content (AvgIpc) is 3.30. The Kier molecular flexibility index (Phi) is 6.20. The molecule has 0 aromatic heterocycles. The van der Waals surface area contributed by atoms with Crippen molar-refractivity contribution in [1.29, 1.82) is 0 Å². The number of nitro benzene ring substituents is 1. The smallest absolute Gasteiger partial charge is 0.269 e. The van der Waals surface area contributed by atoms with Crippen molar-refractivity contribution in [3.05, 3.63) is 69.3 Å². The summed E-state index contributed by atoms with van der Waals surface area (Å²) in [4.78, 5) is 39.5. The molecule has 2 aromatic rings. The highest BCUT2D eigenvalue weighted by molar-refractivity contribution is 6.72. The summed E-state index contributed by atoms with van der Waals surface area (Å²) in [5.74, 6) is -1.45. The van der Waals surface area contributed by atoms with Crippen LogP contribution in [0.25, 0.3) is 0 Å². The zero-order valence-electron chi connectivity index (χ0n) is 20.9. The summed E-state index contributed by atoms with van der Waals surface area (Å²) in [6.07, 6.45) is -0.550.